The highest BCUT2D eigenvalue weighted by Crippen LogP contribution is 2.27. The molecule has 1 aromatic heterocycles. The normalized spacial score (nSPS) is 10.6. The predicted molar refractivity (Wildman–Crippen MR) is 88.0 cm³/mol. The van der Waals surface area contributed by atoms with Crippen molar-refractivity contribution in [2.24, 2.45) is 0 Å². The van der Waals surface area contributed by atoms with E-state index in [1.54, 1.807) is 0 Å². The van der Waals surface area contributed by atoms with Crippen LogP contribution in [0.15, 0.2) is 36.7 Å². The minimum atomic E-state index is 0.0641. The summed E-state index contributed by atoms with van der Waals surface area (Å²) >= 11 is 0. The molecule has 22 heavy (non-hydrogen) atoms. The van der Waals surface area contributed by atoms with Crippen molar-refractivity contribution in [2.75, 3.05) is 6.61 Å². The third-order valence-corrected chi connectivity index (χ3v) is 3.52. The first-order valence-electron chi connectivity index (χ1n) is 8.04. The molecule has 0 aliphatic carbocycles. The molecule has 0 fully saturated rings. The first-order valence-corrected chi connectivity index (χ1v) is 8.04. The van der Waals surface area contributed by atoms with Gasteiger partial charge in [-0.3, -0.25) is 0 Å². The van der Waals surface area contributed by atoms with Crippen LogP contribution in [0, 0.1) is 0 Å². The number of aromatic nitrogens is 2. The maximum Gasteiger partial charge on any atom is 0.163 e. The van der Waals surface area contributed by atoms with Crippen LogP contribution in [0.1, 0.15) is 45.4 Å². The average Bonchev–Trinajstić information content (AvgIpc) is 2.55. The zero-order valence-electron chi connectivity index (χ0n) is 13.2. The summed E-state index contributed by atoms with van der Waals surface area (Å²) in [5, 5.41) is 9.28. The number of hydrogen-bond donors (Lipinski definition) is 1. The van der Waals surface area contributed by atoms with E-state index in [-0.39, 0.29) is 5.75 Å². The summed E-state index contributed by atoms with van der Waals surface area (Å²) in [6, 6.07) is 7.75. The van der Waals surface area contributed by atoms with Crippen LogP contribution in [-0.2, 0) is 0 Å². The van der Waals surface area contributed by atoms with Crippen LogP contribution in [-0.4, -0.2) is 21.7 Å². The van der Waals surface area contributed by atoms with Gasteiger partial charge in [0.15, 0.2) is 11.6 Å². The van der Waals surface area contributed by atoms with E-state index in [0.29, 0.717) is 12.4 Å². The minimum absolute atomic E-state index is 0.0641. The molecule has 0 aliphatic rings. The summed E-state index contributed by atoms with van der Waals surface area (Å²) in [7, 11) is 0. The van der Waals surface area contributed by atoms with Crippen LogP contribution < -0.4 is 4.74 Å². The summed E-state index contributed by atoms with van der Waals surface area (Å²) in [5.41, 5.74) is 0.855. The molecule has 0 saturated heterocycles. The quantitative estimate of drug-likeness (QED) is 0.688. The Kier molecular flexibility index (Phi) is 6.68. The van der Waals surface area contributed by atoms with E-state index in [4.69, 9.17) is 4.74 Å². The van der Waals surface area contributed by atoms with Gasteiger partial charge in [0.25, 0.3) is 0 Å². The number of nitrogens with zero attached hydrogens (tertiary/aromatic N) is 2. The van der Waals surface area contributed by atoms with Crippen molar-refractivity contribution in [1.82, 2.24) is 9.97 Å². The maximum absolute atomic E-state index is 9.28. The second kappa shape index (κ2) is 9.03. The molecule has 0 unspecified atom stereocenters. The molecule has 0 spiro atoms. The monoisotopic (exact) mass is 300 g/mol. The second-order valence-electron chi connectivity index (χ2n) is 5.38. The van der Waals surface area contributed by atoms with E-state index in [9.17, 15) is 5.11 Å². The molecular formula is C18H24N2O2. The molecule has 0 radical (unpaired) electrons. The van der Waals surface area contributed by atoms with E-state index >= 15 is 0 Å². The Bertz CT molecular complexity index is 555. The van der Waals surface area contributed by atoms with Crippen molar-refractivity contribution in [3.63, 3.8) is 0 Å². The Hall–Kier alpha value is -2.10. The lowest BCUT2D eigenvalue weighted by molar-refractivity contribution is 0.305. The zero-order chi connectivity index (χ0) is 15.6. The number of para-hydroxylation sites is 1. The standard InChI is InChI=1S/C18H24N2O2/c1-2-3-4-5-6-9-12-22-17-11-8-7-10-16(17)18-19-13-15(21)14-20-18/h7-8,10-11,13-14,21H,2-6,9,12H2,1H3. The number of ether oxygens (including phenoxy) is 1. The van der Waals surface area contributed by atoms with Gasteiger partial charge in [-0.05, 0) is 18.6 Å². The lowest BCUT2D eigenvalue weighted by Crippen LogP contribution is -2.00. The Balaban J connectivity index is 1.88. The van der Waals surface area contributed by atoms with Crippen LogP contribution in [0.5, 0.6) is 11.5 Å². The van der Waals surface area contributed by atoms with Crippen LogP contribution in [0.25, 0.3) is 11.4 Å². The summed E-state index contributed by atoms with van der Waals surface area (Å²) in [6.45, 7) is 2.94. The van der Waals surface area contributed by atoms with Crippen molar-refractivity contribution in [1.29, 1.82) is 0 Å². The SMILES string of the molecule is CCCCCCCCOc1ccccc1-c1ncc(O)cn1. The van der Waals surface area contributed by atoms with Crippen molar-refractivity contribution >= 4 is 0 Å². The predicted octanol–water partition coefficient (Wildman–Crippen LogP) is 4.59. The first-order chi connectivity index (χ1) is 10.8. The fourth-order valence-corrected chi connectivity index (χ4v) is 2.30. The molecule has 2 rings (SSSR count). The topological polar surface area (TPSA) is 55.2 Å². The molecule has 0 amide bonds. The number of aromatic hydroxyl groups is 1. The van der Waals surface area contributed by atoms with Crippen LogP contribution in [0.2, 0.25) is 0 Å². The van der Waals surface area contributed by atoms with E-state index in [2.05, 4.69) is 16.9 Å². The van der Waals surface area contributed by atoms with Crippen LogP contribution >= 0.6 is 0 Å². The van der Waals surface area contributed by atoms with Crippen LogP contribution in [0.4, 0.5) is 0 Å². The third-order valence-electron chi connectivity index (χ3n) is 3.52. The molecule has 1 N–H and O–H groups in total. The number of benzene rings is 1. The molecular weight excluding hydrogens is 276 g/mol. The van der Waals surface area contributed by atoms with Crippen molar-refractivity contribution in [2.45, 2.75) is 45.4 Å². The molecule has 0 atom stereocenters. The Labute approximate surface area is 132 Å². The highest BCUT2D eigenvalue weighted by molar-refractivity contribution is 5.63. The largest absolute Gasteiger partial charge is 0.505 e. The molecule has 0 bridgehead atoms. The Morgan fingerprint density at radius 1 is 0.955 bits per heavy atom. The number of unbranched alkanes of at least 4 members (excludes halogenated alkanes) is 5. The van der Waals surface area contributed by atoms with E-state index in [1.165, 1.54) is 44.5 Å². The molecule has 4 heteroatoms. The zero-order valence-corrected chi connectivity index (χ0v) is 13.2. The highest BCUT2D eigenvalue weighted by Gasteiger charge is 2.08. The molecule has 0 aliphatic heterocycles. The number of hydrogen-bond acceptors (Lipinski definition) is 4. The fourth-order valence-electron chi connectivity index (χ4n) is 2.30. The lowest BCUT2D eigenvalue weighted by Gasteiger charge is -2.10. The lowest BCUT2D eigenvalue weighted by atomic mass is 10.1. The smallest absolute Gasteiger partial charge is 0.163 e. The Morgan fingerprint density at radius 3 is 2.41 bits per heavy atom. The average molecular weight is 300 g/mol. The van der Waals surface area contributed by atoms with Gasteiger partial charge in [-0.15, -0.1) is 0 Å². The van der Waals surface area contributed by atoms with Gasteiger partial charge >= 0.3 is 0 Å². The fraction of sp³-hybridized carbons (Fsp3) is 0.444. The van der Waals surface area contributed by atoms with Crippen molar-refractivity contribution in [3.8, 4) is 22.9 Å². The molecule has 0 saturated carbocycles. The van der Waals surface area contributed by atoms with Gasteiger partial charge in [0.2, 0.25) is 0 Å². The first kappa shape index (κ1) is 16.3. The summed E-state index contributed by atoms with van der Waals surface area (Å²) < 4.78 is 5.89. The highest BCUT2D eigenvalue weighted by atomic mass is 16.5. The third kappa shape index (κ3) is 5.02. The van der Waals surface area contributed by atoms with Gasteiger partial charge in [0.05, 0.1) is 24.6 Å². The Morgan fingerprint density at radius 2 is 1.64 bits per heavy atom. The minimum Gasteiger partial charge on any atom is -0.505 e. The van der Waals surface area contributed by atoms with E-state index < -0.39 is 0 Å². The van der Waals surface area contributed by atoms with E-state index in [0.717, 1.165) is 17.7 Å². The van der Waals surface area contributed by atoms with Crippen molar-refractivity contribution in [3.05, 3.63) is 36.7 Å². The van der Waals surface area contributed by atoms with Gasteiger partial charge in [-0.1, -0.05) is 51.2 Å². The van der Waals surface area contributed by atoms with E-state index in [1.807, 2.05) is 24.3 Å². The molecule has 118 valence electrons. The summed E-state index contributed by atoms with van der Waals surface area (Å²) in [5.74, 6) is 1.42. The van der Waals surface area contributed by atoms with Gasteiger partial charge in [-0.25, -0.2) is 9.97 Å². The molecule has 1 heterocycles. The van der Waals surface area contributed by atoms with Gasteiger partial charge in [0, 0.05) is 0 Å². The second-order valence-corrected chi connectivity index (χ2v) is 5.38. The molecule has 1 aromatic carbocycles. The van der Waals surface area contributed by atoms with Gasteiger partial charge in [-0.2, -0.15) is 0 Å². The van der Waals surface area contributed by atoms with Crippen LogP contribution in [0.3, 0.4) is 0 Å². The molecule has 4 nitrogen and oxygen atoms in total. The summed E-state index contributed by atoms with van der Waals surface area (Å²) in [6.07, 6.45) is 10.2. The number of rotatable bonds is 9. The van der Waals surface area contributed by atoms with Crippen molar-refractivity contribution < 1.29 is 9.84 Å². The van der Waals surface area contributed by atoms with Gasteiger partial charge < -0.3 is 9.84 Å². The summed E-state index contributed by atoms with van der Waals surface area (Å²) in [4.78, 5) is 8.29. The maximum atomic E-state index is 9.28. The molecule has 2 aromatic rings. The van der Waals surface area contributed by atoms with Gasteiger partial charge in [0.1, 0.15) is 5.75 Å².